The quantitative estimate of drug-likeness (QED) is 0.330. The summed E-state index contributed by atoms with van der Waals surface area (Å²) in [6.07, 6.45) is 2.61. The van der Waals surface area contributed by atoms with E-state index < -0.39 is 10.6 Å². The van der Waals surface area contributed by atoms with Crippen molar-refractivity contribution in [2.75, 3.05) is 17.2 Å². The molecular weight excluding hydrogens is 410 g/mol. The third kappa shape index (κ3) is 6.28. The number of benzene rings is 2. The number of aryl methyl sites for hydroxylation is 1. The van der Waals surface area contributed by atoms with Crippen LogP contribution in [0.1, 0.15) is 30.5 Å². The minimum absolute atomic E-state index is 0.0517. The third-order valence-electron chi connectivity index (χ3n) is 4.47. The van der Waals surface area contributed by atoms with Crippen molar-refractivity contribution in [3.05, 3.63) is 71.4 Å². The van der Waals surface area contributed by atoms with Gasteiger partial charge in [0.25, 0.3) is 0 Å². The van der Waals surface area contributed by atoms with Crippen LogP contribution in [0.15, 0.2) is 59.6 Å². The van der Waals surface area contributed by atoms with E-state index in [1.54, 1.807) is 30.5 Å². The summed E-state index contributed by atoms with van der Waals surface area (Å²) in [4.78, 5) is 9.27. The Kier molecular flexibility index (Phi) is 7.60. The van der Waals surface area contributed by atoms with Crippen LogP contribution in [0, 0.1) is 16.6 Å². The molecule has 7 nitrogen and oxygen atoms in total. The maximum Gasteiger partial charge on any atom is 0.229 e. The Morgan fingerprint density at radius 3 is 2.45 bits per heavy atom. The molecule has 1 aromatic heterocycles. The molecule has 3 rings (SSSR count). The van der Waals surface area contributed by atoms with Gasteiger partial charge in [0.15, 0.2) is 0 Å². The molecule has 0 aliphatic carbocycles. The van der Waals surface area contributed by atoms with E-state index in [4.69, 9.17) is 4.78 Å². The van der Waals surface area contributed by atoms with Crippen molar-refractivity contribution in [2.45, 2.75) is 31.2 Å². The fourth-order valence-electron chi connectivity index (χ4n) is 2.68. The molecule has 160 valence electrons. The maximum absolute atomic E-state index is 11.2. The fraction of sp³-hybridized carbons (Fsp3) is 0.217. The number of rotatable bonds is 7. The summed E-state index contributed by atoms with van der Waals surface area (Å²) in [6.45, 7) is 3.90. The summed E-state index contributed by atoms with van der Waals surface area (Å²) in [5.74, 6) is 7.10. The molecule has 0 amide bonds. The van der Waals surface area contributed by atoms with Gasteiger partial charge < -0.3 is 24.7 Å². The topological polar surface area (TPSA) is 111 Å². The van der Waals surface area contributed by atoms with Gasteiger partial charge in [-0.25, -0.2) is 4.98 Å². The van der Waals surface area contributed by atoms with Gasteiger partial charge >= 0.3 is 0 Å². The van der Waals surface area contributed by atoms with E-state index in [0.29, 0.717) is 27.9 Å². The first-order valence-electron chi connectivity index (χ1n) is 9.84. The average molecular weight is 435 g/mol. The SMILES string of the molecule is CCc1ccc(C#Cc2cnc(Nc3ccc([S-](=N)=O)cc3)nc2N[C@H](C)CO)cc1. The van der Waals surface area contributed by atoms with E-state index in [9.17, 15) is 9.32 Å². The second kappa shape index (κ2) is 10.6. The average Bonchev–Trinajstić information content (AvgIpc) is 2.79. The van der Waals surface area contributed by atoms with Gasteiger partial charge in [-0.2, -0.15) is 15.6 Å². The van der Waals surface area contributed by atoms with Crippen LogP contribution in [0.2, 0.25) is 0 Å². The number of aliphatic hydroxyl groups is 1. The number of nitrogens with one attached hydrogen (secondary N) is 3. The second-order valence-electron chi connectivity index (χ2n) is 6.90. The minimum Gasteiger partial charge on any atom is -0.440 e. The van der Waals surface area contributed by atoms with Gasteiger partial charge in [0.05, 0.1) is 18.4 Å². The molecule has 4 N–H and O–H groups in total. The largest absolute Gasteiger partial charge is 0.440 e. The summed E-state index contributed by atoms with van der Waals surface area (Å²) in [5, 5.41) is 15.7. The van der Waals surface area contributed by atoms with Crippen LogP contribution in [-0.2, 0) is 21.2 Å². The molecule has 0 aliphatic heterocycles. The van der Waals surface area contributed by atoms with Crippen molar-refractivity contribution in [2.24, 2.45) is 0 Å². The van der Waals surface area contributed by atoms with E-state index in [-0.39, 0.29) is 12.6 Å². The lowest BCUT2D eigenvalue weighted by molar-refractivity contribution is 0.281. The first-order chi connectivity index (χ1) is 15.0. The van der Waals surface area contributed by atoms with Crippen LogP contribution in [0.25, 0.3) is 0 Å². The Balaban J connectivity index is 1.86. The van der Waals surface area contributed by atoms with Gasteiger partial charge in [0.1, 0.15) is 5.82 Å². The summed E-state index contributed by atoms with van der Waals surface area (Å²) >= 11 is 0. The Bertz CT molecular complexity index is 1160. The van der Waals surface area contributed by atoms with Crippen LogP contribution in [0.5, 0.6) is 0 Å². The van der Waals surface area contributed by atoms with Crippen molar-refractivity contribution in [3.63, 3.8) is 0 Å². The Morgan fingerprint density at radius 2 is 1.84 bits per heavy atom. The Hall–Kier alpha value is -3.41. The Morgan fingerprint density at radius 1 is 1.13 bits per heavy atom. The highest BCUT2D eigenvalue weighted by Crippen LogP contribution is 2.19. The minimum atomic E-state index is -1.78. The normalized spacial score (nSPS) is 11.5. The zero-order chi connectivity index (χ0) is 22.2. The number of hydrogen-bond acceptors (Lipinski definition) is 8. The summed E-state index contributed by atoms with van der Waals surface area (Å²) < 4.78 is 18.5. The molecule has 0 saturated carbocycles. The van der Waals surface area contributed by atoms with Crippen molar-refractivity contribution in [1.82, 2.24) is 9.97 Å². The van der Waals surface area contributed by atoms with Gasteiger partial charge in [-0.1, -0.05) is 47.9 Å². The van der Waals surface area contributed by atoms with Crippen LogP contribution in [-0.4, -0.2) is 27.7 Å². The lowest BCUT2D eigenvalue weighted by atomic mass is 10.1. The van der Waals surface area contributed by atoms with Crippen LogP contribution < -0.4 is 10.6 Å². The van der Waals surface area contributed by atoms with Gasteiger partial charge in [0.2, 0.25) is 5.95 Å². The molecule has 0 fully saturated rings. The zero-order valence-electron chi connectivity index (χ0n) is 17.3. The first kappa shape index (κ1) is 22.3. The molecule has 8 heteroatoms. The second-order valence-corrected chi connectivity index (χ2v) is 7.91. The molecule has 0 radical (unpaired) electrons. The third-order valence-corrected chi connectivity index (χ3v) is 5.17. The summed E-state index contributed by atoms with van der Waals surface area (Å²) in [6, 6.07) is 14.5. The molecule has 0 aliphatic rings. The monoisotopic (exact) mass is 434 g/mol. The molecular formula is C23H24N5O2S-. The highest BCUT2D eigenvalue weighted by Gasteiger charge is 2.09. The van der Waals surface area contributed by atoms with Crippen LogP contribution in [0.4, 0.5) is 17.5 Å². The van der Waals surface area contributed by atoms with Crippen molar-refractivity contribution in [3.8, 4) is 11.8 Å². The van der Waals surface area contributed by atoms with E-state index in [2.05, 4.69) is 51.5 Å². The number of anilines is 3. The van der Waals surface area contributed by atoms with E-state index >= 15 is 0 Å². The first-order valence-corrected chi connectivity index (χ1v) is 11.0. The van der Waals surface area contributed by atoms with Gasteiger partial charge in [-0.05, 0) is 43.2 Å². The standard InChI is InChI=1S/C23H24N5O2S/c1-3-17-4-6-18(7-5-17)8-9-19-14-25-23(28-22(19)26-16(2)15-29)27-20-10-12-21(13-11-20)31(24)30/h4-7,10-14,16,24,29H,3,15H2,1-2H3,(H2,25,26,27,28)/q-1/t16-/m1/s1. The fourth-order valence-corrected chi connectivity index (χ4v) is 3.06. The zero-order valence-corrected chi connectivity index (χ0v) is 18.2. The Labute approximate surface area is 184 Å². The van der Waals surface area contributed by atoms with Gasteiger partial charge in [-0.15, -0.1) is 0 Å². The number of nitrogens with zero attached hydrogens (tertiary/aromatic N) is 2. The van der Waals surface area contributed by atoms with Gasteiger partial charge in [0, 0.05) is 17.3 Å². The lowest BCUT2D eigenvalue weighted by Crippen LogP contribution is -2.21. The van der Waals surface area contributed by atoms with E-state index in [1.165, 1.54) is 5.56 Å². The molecule has 0 saturated heterocycles. The number of aromatic nitrogens is 2. The number of hydrogen-bond donors (Lipinski definition) is 4. The van der Waals surface area contributed by atoms with E-state index in [1.807, 2.05) is 19.1 Å². The summed E-state index contributed by atoms with van der Waals surface area (Å²) in [5.41, 5.74) is 3.47. The summed E-state index contributed by atoms with van der Waals surface area (Å²) in [7, 11) is -1.78. The van der Waals surface area contributed by atoms with Crippen molar-refractivity contribution in [1.29, 1.82) is 4.78 Å². The van der Waals surface area contributed by atoms with Crippen LogP contribution in [0.3, 0.4) is 0 Å². The van der Waals surface area contributed by atoms with Crippen LogP contribution >= 0.6 is 0 Å². The molecule has 0 spiro atoms. The molecule has 31 heavy (non-hydrogen) atoms. The predicted octanol–water partition coefficient (Wildman–Crippen LogP) is 4.06. The lowest BCUT2D eigenvalue weighted by Gasteiger charge is -2.14. The molecule has 3 aromatic rings. The molecule has 1 atom stereocenters. The van der Waals surface area contributed by atoms with Crippen molar-refractivity contribution < 1.29 is 9.32 Å². The highest BCUT2D eigenvalue weighted by molar-refractivity contribution is 7.73. The number of aliphatic hydroxyl groups excluding tert-OH is 1. The van der Waals surface area contributed by atoms with E-state index in [0.717, 1.165) is 12.0 Å². The highest BCUT2D eigenvalue weighted by atomic mass is 32.2. The molecule has 2 aromatic carbocycles. The predicted molar refractivity (Wildman–Crippen MR) is 123 cm³/mol. The smallest absolute Gasteiger partial charge is 0.229 e. The molecule has 0 bridgehead atoms. The van der Waals surface area contributed by atoms with Gasteiger partial charge in [-0.3, -0.25) is 0 Å². The molecule has 0 unspecified atom stereocenters. The van der Waals surface area contributed by atoms with Crippen molar-refractivity contribution >= 4 is 28.0 Å². The maximum atomic E-state index is 11.2. The molecule has 1 heterocycles.